The molecule has 0 saturated carbocycles. The summed E-state index contributed by atoms with van der Waals surface area (Å²) in [6.07, 6.45) is 4.27. The van der Waals surface area contributed by atoms with Crippen LogP contribution in [-0.2, 0) is 0 Å². The summed E-state index contributed by atoms with van der Waals surface area (Å²) < 4.78 is 0. The second-order valence-corrected chi connectivity index (χ2v) is 17.4. The molecular formula is C62H50. The second-order valence-electron chi connectivity index (χ2n) is 17.4. The molecule has 0 fully saturated rings. The molecule has 0 nitrogen and oxygen atoms in total. The fourth-order valence-electron chi connectivity index (χ4n) is 9.50. The highest BCUT2D eigenvalue weighted by molar-refractivity contribution is 6.23. The third kappa shape index (κ3) is 7.12. The molecule has 0 unspecified atom stereocenters. The van der Waals surface area contributed by atoms with Crippen LogP contribution in [-0.4, -0.2) is 0 Å². The highest BCUT2D eigenvalue weighted by Crippen LogP contribution is 2.48. The van der Waals surface area contributed by atoms with Crippen LogP contribution >= 0.6 is 0 Å². The SMILES string of the molecule is C=C(C)C=Cc1cc(-c2ccc(-c3cc4c(-c5ccc6ccccc6c5)c5ccc(-c6ccc7ccccc7c6)cc5c(-c5ccccc5)c4cc3C(C)C)c(C)c2)ccc1C. The molecule has 62 heavy (non-hydrogen) atoms. The van der Waals surface area contributed by atoms with Crippen LogP contribution in [0.15, 0.2) is 200 Å². The van der Waals surface area contributed by atoms with Gasteiger partial charge in [-0.25, -0.2) is 0 Å². The van der Waals surface area contributed by atoms with E-state index in [1.54, 1.807) is 0 Å². The van der Waals surface area contributed by atoms with E-state index in [9.17, 15) is 0 Å². The fourth-order valence-corrected chi connectivity index (χ4v) is 9.50. The van der Waals surface area contributed by atoms with E-state index in [4.69, 9.17) is 0 Å². The van der Waals surface area contributed by atoms with Gasteiger partial charge in [0, 0.05) is 0 Å². The topological polar surface area (TPSA) is 0 Å². The van der Waals surface area contributed by atoms with Gasteiger partial charge in [0.15, 0.2) is 0 Å². The zero-order valence-electron chi connectivity index (χ0n) is 36.3. The molecule has 0 saturated heterocycles. The molecule has 10 aromatic carbocycles. The number of benzene rings is 10. The molecule has 0 amide bonds. The number of allylic oxidation sites excluding steroid dienone is 2. The van der Waals surface area contributed by atoms with Crippen molar-refractivity contribution in [2.75, 3.05) is 0 Å². The Labute approximate surface area is 366 Å². The van der Waals surface area contributed by atoms with Gasteiger partial charge in [0.1, 0.15) is 0 Å². The lowest BCUT2D eigenvalue weighted by molar-refractivity contribution is 0.871. The number of hydrogen-bond donors (Lipinski definition) is 0. The van der Waals surface area contributed by atoms with Crippen LogP contribution in [0.5, 0.6) is 0 Å². The van der Waals surface area contributed by atoms with Gasteiger partial charge in [-0.15, -0.1) is 0 Å². The maximum atomic E-state index is 4.07. The molecule has 0 aliphatic rings. The fraction of sp³-hybridized carbons (Fsp3) is 0.0968. The van der Waals surface area contributed by atoms with E-state index in [-0.39, 0.29) is 0 Å². The average Bonchev–Trinajstić information content (AvgIpc) is 3.29. The standard InChI is InChI=1S/C62H50/c1-39(2)20-22-46-33-50(23-21-41(46)5)49-28-30-54(42(6)32-49)57-38-60-59(37-56(57)40(3)4)61(45-16-8-7-9-17-45)58-36-52(51-26-24-43-14-10-12-18-47(43)34-51)29-31-55(58)62(60)53-27-25-44-15-11-13-19-48(44)35-53/h7-38,40H,1H2,2-6H3. The molecule has 10 rings (SSSR count). The summed E-state index contributed by atoms with van der Waals surface area (Å²) >= 11 is 0. The molecule has 0 aliphatic carbocycles. The van der Waals surface area contributed by atoms with Crippen molar-refractivity contribution >= 4 is 49.2 Å². The van der Waals surface area contributed by atoms with Crippen molar-refractivity contribution < 1.29 is 0 Å². The lowest BCUT2D eigenvalue weighted by atomic mass is 9.80. The summed E-state index contributed by atoms with van der Waals surface area (Å²) in [6, 6.07) is 68.3. The molecule has 0 atom stereocenters. The summed E-state index contributed by atoms with van der Waals surface area (Å²) in [7, 11) is 0. The minimum Gasteiger partial charge on any atom is -0.0961 e. The first kappa shape index (κ1) is 38.9. The average molecular weight is 795 g/mol. The van der Waals surface area contributed by atoms with Gasteiger partial charge in [-0.3, -0.25) is 0 Å². The summed E-state index contributed by atoms with van der Waals surface area (Å²) in [5.74, 6) is 0.292. The molecule has 0 bridgehead atoms. The minimum absolute atomic E-state index is 0.292. The molecule has 298 valence electrons. The van der Waals surface area contributed by atoms with Crippen LogP contribution in [0.3, 0.4) is 0 Å². The quantitative estimate of drug-likeness (QED) is 0.106. The van der Waals surface area contributed by atoms with Gasteiger partial charge in [0.05, 0.1) is 0 Å². The zero-order valence-corrected chi connectivity index (χ0v) is 36.3. The van der Waals surface area contributed by atoms with Crippen LogP contribution in [0.25, 0.3) is 105 Å². The van der Waals surface area contributed by atoms with E-state index in [0.717, 1.165) is 5.57 Å². The van der Waals surface area contributed by atoms with Gasteiger partial charge in [-0.05, 0) is 184 Å². The molecule has 0 N–H and O–H groups in total. The van der Waals surface area contributed by atoms with Crippen molar-refractivity contribution in [3.05, 3.63) is 222 Å². The first-order chi connectivity index (χ1) is 30.2. The van der Waals surface area contributed by atoms with Crippen LogP contribution in [0.4, 0.5) is 0 Å². The first-order valence-electron chi connectivity index (χ1n) is 21.9. The third-order valence-corrected chi connectivity index (χ3v) is 12.8. The number of rotatable bonds is 8. The smallest absolute Gasteiger partial charge is 0.00259 e. The number of fused-ring (bicyclic) bond motifs is 4. The van der Waals surface area contributed by atoms with Gasteiger partial charge < -0.3 is 0 Å². The summed E-state index contributed by atoms with van der Waals surface area (Å²) in [5, 5.41) is 10.0. The van der Waals surface area contributed by atoms with E-state index in [1.807, 2.05) is 6.92 Å². The Bertz CT molecular complexity index is 3410. The molecular weight excluding hydrogens is 745 g/mol. The van der Waals surface area contributed by atoms with Gasteiger partial charge in [0.2, 0.25) is 0 Å². The molecule has 10 aromatic rings. The maximum Gasteiger partial charge on any atom is -0.00259 e. The van der Waals surface area contributed by atoms with Gasteiger partial charge in [-0.1, -0.05) is 184 Å². The monoisotopic (exact) mass is 794 g/mol. The molecule has 0 spiro atoms. The predicted molar refractivity (Wildman–Crippen MR) is 271 cm³/mol. The third-order valence-electron chi connectivity index (χ3n) is 12.8. The Morgan fingerprint density at radius 2 is 0.952 bits per heavy atom. The van der Waals surface area contributed by atoms with Gasteiger partial charge in [0.25, 0.3) is 0 Å². The molecule has 0 heteroatoms. The first-order valence-corrected chi connectivity index (χ1v) is 21.9. The second kappa shape index (κ2) is 16.0. The number of aryl methyl sites for hydroxylation is 2. The van der Waals surface area contributed by atoms with Gasteiger partial charge >= 0.3 is 0 Å². The number of hydrogen-bond acceptors (Lipinski definition) is 0. The van der Waals surface area contributed by atoms with Crippen LogP contribution in [0.2, 0.25) is 0 Å². The van der Waals surface area contributed by atoms with E-state index in [0.29, 0.717) is 5.92 Å². The Balaban J connectivity index is 1.25. The normalized spacial score (nSPS) is 11.8. The van der Waals surface area contributed by atoms with Crippen LogP contribution < -0.4 is 0 Å². The lowest BCUT2D eigenvalue weighted by Crippen LogP contribution is -1.98. The van der Waals surface area contributed by atoms with Crippen molar-refractivity contribution in [3.63, 3.8) is 0 Å². The molecule has 0 aromatic heterocycles. The van der Waals surface area contributed by atoms with Crippen molar-refractivity contribution in [1.29, 1.82) is 0 Å². The highest BCUT2D eigenvalue weighted by atomic mass is 14.3. The van der Waals surface area contributed by atoms with Crippen LogP contribution in [0.1, 0.15) is 48.9 Å². The van der Waals surface area contributed by atoms with E-state index < -0.39 is 0 Å². The Kier molecular flexibility index (Phi) is 10.0. The highest BCUT2D eigenvalue weighted by Gasteiger charge is 2.22. The largest absolute Gasteiger partial charge is 0.0961 e. The van der Waals surface area contributed by atoms with Crippen molar-refractivity contribution in [1.82, 2.24) is 0 Å². The lowest BCUT2D eigenvalue weighted by Gasteiger charge is -2.23. The minimum atomic E-state index is 0.292. The van der Waals surface area contributed by atoms with E-state index in [2.05, 4.69) is 228 Å². The van der Waals surface area contributed by atoms with Crippen LogP contribution in [0, 0.1) is 13.8 Å². The summed E-state index contributed by atoms with van der Waals surface area (Å²) in [6.45, 7) is 15.2. The predicted octanol–water partition coefficient (Wildman–Crippen LogP) is 18.0. The summed E-state index contributed by atoms with van der Waals surface area (Å²) in [5.41, 5.74) is 18.6. The Morgan fingerprint density at radius 3 is 1.65 bits per heavy atom. The van der Waals surface area contributed by atoms with Crippen molar-refractivity contribution in [2.24, 2.45) is 0 Å². The summed E-state index contributed by atoms with van der Waals surface area (Å²) in [4.78, 5) is 0. The van der Waals surface area contributed by atoms with E-state index in [1.165, 1.54) is 121 Å². The van der Waals surface area contributed by atoms with Crippen molar-refractivity contribution in [2.45, 2.75) is 40.5 Å². The Hall–Kier alpha value is -7.28. The maximum absolute atomic E-state index is 4.07. The molecule has 0 aliphatic heterocycles. The van der Waals surface area contributed by atoms with Crippen molar-refractivity contribution in [3.8, 4) is 55.6 Å². The zero-order chi connectivity index (χ0) is 42.5. The molecule has 0 radical (unpaired) electrons. The molecule has 0 heterocycles. The Morgan fingerprint density at radius 1 is 0.419 bits per heavy atom. The van der Waals surface area contributed by atoms with E-state index >= 15 is 0 Å². The van der Waals surface area contributed by atoms with Gasteiger partial charge in [-0.2, -0.15) is 0 Å².